The predicted molar refractivity (Wildman–Crippen MR) is 99.2 cm³/mol. The molecule has 1 aromatic carbocycles. The van der Waals surface area contributed by atoms with Crippen molar-refractivity contribution in [3.8, 4) is 6.07 Å². The van der Waals surface area contributed by atoms with E-state index in [-0.39, 0.29) is 5.41 Å². The van der Waals surface area contributed by atoms with Gasteiger partial charge in [0, 0.05) is 0 Å². The second-order valence-corrected chi connectivity index (χ2v) is 9.88. The highest BCUT2D eigenvalue weighted by Crippen LogP contribution is 2.30. The van der Waals surface area contributed by atoms with Gasteiger partial charge in [-0.1, -0.05) is 32.9 Å². The molecule has 2 rings (SSSR count). The fourth-order valence-corrected chi connectivity index (χ4v) is 5.30. The van der Waals surface area contributed by atoms with Gasteiger partial charge in [-0.2, -0.15) is 9.57 Å². The van der Waals surface area contributed by atoms with E-state index in [2.05, 4.69) is 26.8 Å². The van der Waals surface area contributed by atoms with Crippen LogP contribution in [-0.2, 0) is 15.4 Å². The standard InChI is InChI=1S/C19H29N3O2S/c1-15-13-17(19(3,4)5)14-16(2)18(15)25(23,24)22-11-9-21(10-12-22)8-6-7-20/h13-14H,6,8-12H2,1-5H3/p+1. The zero-order valence-electron chi connectivity index (χ0n) is 16.0. The molecule has 0 amide bonds. The summed E-state index contributed by atoms with van der Waals surface area (Å²) in [6.07, 6.45) is 0.522. The Bertz CT molecular complexity index is 742. The highest BCUT2D eigenvalue weighted by atomic mass is 32.2. The first-order valence-electron chi connectivity index (χ1n) is 8.90. The number of benzene rings is 1. The first-order chi connectivity index (χ1) is 11.6. The Morgan fingerprint density at radius 3 is 2.12 bits per heavy atom. The lowest BCUT2D eigenvalue weighted by atomic mass is 9.85. The van der Waals surface area contributed by atoms with Gasteiger partial charge in [0.25, 0.3) is 0 Å². The number of aryl methyl sites for hydroxylation is 2. The first-order valence-corrected chi connectivity index (χ1v) is 10.3. The average Bonchev–Trinajstić information content (AvgIpc) is 2.51. The van der Waals surface area contributed by atoms with Gasteiger partial charge in [0.2, 0.25) is 10.0 Å². The molecule has 0 spiro atoms. The van der Waals surface area contributed by atoms with Crippen LogP contribution in [0.25, 0.3) is 0 Å². The van der Waals surface area contributed by atoms with Crippen LogP contribution in [0.15, 0.2) is 17.0 Å². The summed E-state index contributed by atoms with van der Waals surface area (Å²) in [7, 11) is -3.47. The van der Waals surface area contributed by atoms with Gasteiger partial charge in [-0.3, -0.25) is 0 Å². The summed E-state index contributed by atoms with van der Waals surface area (Å²) in [6.45, 7) is 13.6. The van der Waals surface area contributed by atoms with E-state index in [9.17, 15) is 8.42 Å². The Morgan fingerprint density at radius 1 is 1.16 bits per heavy atom. The van der Waals surface area contributed by atoms with Crippen molar-refractivity contribution < 1.29 is 13.3 Å². The molecule has 0 aliphatic carbocycles. The molecule has 25 heavy (non-hydrogen) atoms. The number of hydrogen-bond acceptors (Lipinski definition) is 3. The Hall–Kier alpha value is -1.42. The van der Waals surface area contributed by atoms with E-state index in [1.54, 1.807) is 4.31 Å². The summed E-state index contributed by atoms with van der Waals surface area (Å²) < 4.78 is 28.0. The van der Waals surface area contributed by atoms with Crippen molar-refractivity contribution in [3.05, 3.63) is 28.8 Å². The van der Waals surface area contributed by atoms with Crippen LogP contribution in [0.5, 0.6) is 0 Å². The monoisotopic (exact) mass is 364 g/mol. The lowest BCUT2D eigenvalue weighted by Gasteiger charge is -2.32. The van der Waals surface area contributed by atoms with Crippen molar-refractivity contribution in [1.29, 1.82) is 5.26 Å². The summed E-state index contributed by atoms with van der Waals surface area (Å²) in [5.74, 6) is 0. The molecule has 0 atom stereocenters. The third kappa shape index (κ3) is 4.41. The van der Waals surface area contributed by atoms with Crippen LogP contribution in [0.1, 0.15) is 43.9 Å². The van der Waals surface area contributed by atoms with Gasteiger partial charge in [-0.15, -0.1) is 0 Å². The molecular weight excluding hydrogens is 334 g/mol. The van der Waals surface area contributed by atoms with E-state index in [1.807, 2.05) is 26.0 Å². The van der Waals surface area contributed by atoms with Gasteiger partial charge >= 0.3 is 0 Å². The topological polar surface area (TPSA) is 65.6 Å². The van der Waals surface area contributed by atoms with Gasteiger partial charge in [-0.25, -0.2) is 8.42 Å². The molecule has 1 heterocycles. The molecule has 0 unspecified atom stereocenters. The summed E-state index contributed by atoms with van der Waals surface area (Å²) in [5.41, 5.74) is 2.80. The van der Waals surface area contributed by atoms with E-state index in [4.69, 9.17) is 5.26 Å². The van der Waals surface area contributed by atoms with Crippen LogP contribution in [0.2, 0.25) is 0 Å². The number of hydrogen-bond donors (Lipinski definition) is 1. The Morgan fingerprint density at radius 2 is 1.68 bits per heavy atom. The maximum Gasteiger partial charge on any atom is 0.244 e. The molecule has 1 fully saturated rings. The van der Waals surface area contributed by atoms with Crippen LogP contribution < -0.4 is 4.90 Å². The van der Waals surface area contributed by atoms with Gasteiger partial charge in [0.15, 0.2) is 0 Å². The molecular formula is C19H30N3O2S+. The van der Waals surface area contributed by atoms with Crippen LogP contribution in [0, 0.1) is 25.2 Å². The van der Waals surface area contributed by atoms with Crippen molar-refractivity contribution in [1.82, 2.24) is 4.31 Å². The third-order valence-electron chi connectivity index (χ3n) is 4.94. The molecule has 1 N–H and O–H groups in total. The summed E-state index contributed by atoms with van der Waals surface area (Å²) >= 11 is 0. The second kappa shape index (κ2) is 7.45. The number of quaternary nitrogens is 1. The van der Waals surface area contributed by atoms with E-state index in [1.165, 1.54) is 4.90 Å². The fraction of sp³-hybridized carbons (Fsp3) is 0.632. The highest BCUT2D eigenvalue weighted by Gasteiger charge is 2.32. The largest absolute Gasteiger partial charge is 0.332 e. The minimum atomic E-state index is -3.47. The Kier molecular flexibility index (Phi) is 5.93. The molecule has 1 saturated heterocycles. The first kappa shape index (κ1) is 19.9. The zero-order chi connectivity index (χ0) is 18.8. The van der Waals surface area contributed by atoms with Crippen molar-refractivity contribution in [3.63, 3.8) is 0 Å². The van der Waals surface area contributed by atoms with Crippen molar-refractivity contribution >= 4 is 10.0 Å². The fourth-order valence-electron chi connectivity index (χ4n) is 3.44. The van der Waals surface area contributed by atoms with Gasteiger partial charge in [-0.05, 0) is 36.0 Å². The van der Waals surface area contributed by atoms with E-state index >= 15 is 0 Å². The third-order valence-corrected chi connectivity index (χ3v) is 7.15. The lowest BCUT2D eigenvalue weighted by Crippen LogP contribution is -3.14. The SMILES string of the molecule is Cc1cc(C(C)(C)C)cc(C)c1S(=O)(=O)N1CC[NH+](CCC#N)CC1. The average molecular weight is 365 g/mol. The lowest BCUT2D eigenvalue weighted by molar-refractivity contribution is -0.903. The molecule has 138 valence electrons. The van der Waals surface area contributed by atoms with Crippen LogP contribution in [0.4, 0.5) is 0 Å². The van der Waals surface area contributed by atoms with Gasteiger partial charge in [0.05, 0.1) is 50.1 Å². The number of nitrogens with zero attached hydrogens (tertiary/aromatic N) is 2. The Labute approximate surface area is 152 Å². The number of sulfonamides is 1. The molecule has 6 heteroatoms. The molecule has 0 saturated carbocycles. The van der Waals surface area contributed by atoms with Crippen molar-refractivity contribution in [2.75, 3.05) is 32.7 Å². The van der Waals surface area contributed by atoms with Crippen LogP contribution in [0.3, 0.4) is 0 Å². The van der Waals surface area contributed by atoms with E-state index < -0.39 is 10.0 Å². The number of rotatable bonds is 4. The molecule has 0 radical (unpaired) electrons. The zero-order valence-corrected chi connectivity index (χ0v) is 16.8. The summed E-state index contributed by atoms with van der Waals surface area (Å²) in [4.78, 5) is 1.77. The molecule has 1 aliphatic rings. The number of nitriles is 1. The minimum absolute atomic E-state index is 0.00641. The van der Waals surface area contributed by atoms with E-state index in [0.717, 1.165) is 36.3 Å². The van der Waals surface area contributed by atoms with Gasteiger partial charge < -0.3 is 4.90 Å². The van der Waals surface area contributed by atoms with Crippen LogP contribution >= 0.6 is 0 Å². The normalized spacial score (nSPS) is 17.4. The van der Waals surface area contributed by atoms with Crippen LogP contribution in [-0.4, -0.2) is 45.4 Å². The number of piperazine rings is 1. The van der Waals surface area contributed by atoms with Crippen molar-refractivity contribution in [2.24, 2.45) is 0 Å². The second-order valence-electron chi connectivity index (χ2n) is 8.00. The molecule has 0 aromatic heterocycles. The predicted octanol–water partition coefficient (Wildman–Crippen LogP) is 1.40. The maximum atomic E-state index is 13.2. The smallest absolute Gasteiger partial charge is 0.244 e. The maximum absolute atomic E-state index is 13.2. The summed E-state index contributed by atoms with van der Waals surface area (Å²) in [6, 6.07) is 6.18. The minimum Gasteiger partial charge on any atom is -0.332 e. The van der Waals surface area contributed by atoms with Gasteiger partial charge in [0.1, 0.15) is 0 Å². The quantitative estimate of drug-likeness (QED) is 0.878. The molecule has 1 aromatic rings. The summed E-state index contributed by atoms with van der Waals surface area (Å²) in [5, 5.41) is 8.70. The van der Waals surface area contributed by atoms with E-state index in [0.29, 0.717) is 24.4 Å². The van der Waals surface area contributed by atoms with Crippen molar-refractivity contribution in [2.45, 2.75) is 51.3 Å². The Balaban J connectivity index is 2.25. The number of nitrogens with one attached hydrogen (secondary N) is 1. The molecule has 0 bridgehead atoms. The molecule has 5 nitrogen and oxygen atoms in total. The molecule has 1 aliphatic heterocycles. The highest BCUT2D eigenvalue weighted by molar-refractivity contribution is 7.89.